The molecular weight excluding hydrogens is 371 g/mol. The first kappa shape index (κ1) is 19.9. The van der Waals surface area contributed by atoms with Gasteiger partial charge in [-0.05, 0) is 36.8 Å². The van der Waals surface area contributed by atoms with Gasteiger partial charge in [0.2, 0.25) is 0 Å². The van der Waals surface area contributed by atoms with Gasteiger partial charge in [-0.1, -0.05) is 29.8 Å². The van der Waals surface area contributed by atoms with Gasteiger partial charge in [-0.2, -0.15) is 23.3 Å². The minimum atomic E-state index is -5.07. The standard InChI is InChI=1S/C20H20F3N3O2/c1-13-4-6-14(7-5-13)17-12-19(28,20(21,22)23)26(24-17)18(27)15-8-10-16(11-9-15)25(2)3/h4-11,28H,12H2,1-3H3. The Hall–Kier alpha value is -2.87. The lowest BCUT2D eigenvalue weighted by Crippen LogP contribution is -2.56. The maximum Gasteiger partial charge on any atom is 0.438 e. The summed E-state index contributed by atoms with van der Waals surface area (Å²) in [6.45, 7) is 1.85. The molecule has 28 heavy (non-hydrogen) atoms. The van der Waals surface area contributed by atoms with Crippen molar-refractivity contribution in [3.8, 4) is 0 Å². The average Bonchev–Trinajstić information content (AvgIpc) is 3.00. The molecule has 0 saturated carbocycles. The molecule has 1 atom stereocenters. The lowest BCUT2D eigenvalue weighted by molar-refractivity contribution is -0.297. The zero-order chi connectivity index (χ0) is 20.7. The summed E-state index contributed by atoms with van der Waals surface area (Å²) in [5.74, 6) is -1.02. The van der Waals surface area contributed by atoms with Crippen LogP contribution < -0.4 is 4.90 Å². The number of hydrazone groups is 1. The van der Waals surface area contributed by atoms with Gasteiger partial charge in [0.05, 0.1) is 12.1 Å². The van der Waals surface area contributed by atoms with Crippen molar-refractivity contribution in [2.75, 3.05) is 19.0 Å². The zero-order valence-corrected chi connectivity index (χ0v) is 15.7. The largest absolute Gasteiger partial charge is 0.438 e. The van der Waals surface area contributed by atoms with Crippen LogP contribution in [0.2, 0.25) is 0 Å². The van der Waals surface area contributed by atoms with Crippen molar-refractivity contribution in [2.24, 2.45) is 5.10 Å². The van der Waals surface area contributed by atoms with Crippen LogP contribution in [0.5, 0.6) is 0 Å². The number of aryl methyl sites for hydroxylation is 1. The Bertz CT molecular complexity index is 906. The molecule has 2 aromatic rings. The number of carbonyl (C=O) groups excluding carboxylic acids is 1. The second-order valence-electron chi connectivity index (χ2n) is 6.96. The fourth-order valence-electron chi connectivity index (χ4n) is 2.91. The molecule has 148 valence electrons. The van der Waals surface area contributed by atoms with Crippen molar-refractivity contribution in [3.63, 3.8) is 0 Å². The summed E-state index contributed by atoms with van der Waals surface area (Å²) in [6.07, 6.45) is -5.90. The monoisotopic (exact) mass is 391 g/mol. The lowest BCUT2D eigenvalue weighted by atomic mass is 10.00. The van der Waals surface area contributed by atoms with E-state index in [1.807, 2.05) is 6.92 Å². The van der Waals surface area contributed by atoms with Crippen molar-refractivity contribution < 1.29 is 23.1 Å². The smallest absolute Gasteiger partial charge is 0.378 e. The topological polar surface area (TPSA) is 56.1 Å². The number of anilines is 1. The van der Waals surface area contributed by atoms with E-state index in [1.165, 1.54) is 12.1 Å². The van der Waals surface area contributed by atoms with Crippen LogP contribution in [0.3, 0.4) is 0 Å². The predicted octanol–water partition coefficient (Wildman–Crippen LogP) is 3.56. The molecule has 0 aromatic heterocycles. The molecule has 2 aromatic carbocycles. The SMILES string of the molecule is Cc1ccc(C2=NN(C(=O)c3ccc(N(C)C)cc3)C(O)(C(F)(F)F)C2)cc1. The number of amides is 1. The highest BCUT2D eigenvalue weighted by Crippen LogP contribution is 2.42. The van der Waals surface area contributed by atoms with Crippen LogP contribution in [0.1, 0.15) is 27.9 Å². The number of rotatable bonds is 3. The van der Waals surface area contributed by atoms with E-state index in [0.717, 1.165) is 11.3 Å². The van der Waals surface area contributed by atoms with Crippen molar-refractivity contribution in [1.82, 2.24) is 5.01 Å². The predicted molar refractivity (Wildman–Crippen MR) is 100 cm³/mol. The number of benzene rings is 2. The first-order valence-electron chi connectivity index (χ1n) is 8.58. The van der Waals surface area contributed by atoms with Crippen molar-refractivity contribution >= 4 is 17.3 Å². The minimum Gasteiger partial charge on any atom is -0.378 e. The van der Waals surface area contributed by atoms with E-state index in [1.54, 1.807) is 55.4 Å². The summed E-state index contributed by atoms with van der Waals surface area (Å²) in [5.41, 5.74) is -1.26. The fraction of sp³-hybridized carbons (Fsp3) is 0.300. The number of aliphatic hydroxyl groups is 1. The van der Waals surface area contributed by atoms with E-state index in [9.17, 15) is 23.1 Å². The van der Waals surface area contributed by atoms with Gasteiger partial charge in [-0.15, -0.1) is 0 Å². The molecule has 1 aliphatic heterocycles. The zero-order valence-electron chi connectivity index (χ0n) is 15.7. The lowest BCUT2D eigenvalue weighted by Gasteiger charge is -2.32. The van der Waals surface area contributed by atoms with Gasteiger partial charge < -0.3 is 10.0 Å². The third-order valence-corrected chi connectivity index (χ3v) is 4.65. The first-order valence-corrected chi connectivity index (χ1v) is 8.58. The third kappa shape index (κ3) is 3.47. The van der Waals surface area contributed by atoms with E-state index < -0.39 is 24.2 Å². The normalized spacial score (nSPS) is 19.5. The van der Waals surface area contributed by atoms with E-state index in [-0.39, 0.29) is 16.3 Å². The number of alkyl halides is 3. The maximum absolute atomic E-state index is 13.7. The molecule has 0 bridgehead atoms. The first-order chi connectivity index (χ1) is 13.0. The Morgan fingerprint density at radius 3 is 2.18 bits per heavy atom. The van der Waals surface area contributed by atoms with Gasteiger partial charge in [0.25, 0.3) is 11.6 Å². The number of nitrogens with zero attached hydrogens (tertiary/aromatic N) is 3. The summed E-state index contributed by atoms with van der Waals surface area (Å²) >= 11 is 0. The molecule has 8 heteroatoms. The van der Waals surface area contributed by atoms with Crippen LogP contribution in [0.15, 0.2) is 53.6 Å². The number of hydrogen-bond acceptors (Lipinski definition) is 4. The molecule has 1 unspecified atom stereocenters. The van der Waals surface area contributed by atoms with Gasteiger partial charge in [-0.3, -0.25) is 4.79 Å². The van der Waals surface area contributed by atoms with Crippen LogP contribution in [0.25, 0.3) is 0 Å². The van der Waals surface area contributed by atoms with E-state index in [4.69, 9.17) is 0 Å². The molecular formula is C20H20F3N3O2. The fourth-order valence-corrected chi connectivity index (χ4v) is 2.91. The minimum absolute atomic E-state index is 0.00177. The Balaban J connectivity index is 2.00. The molecule has 0 aliphatic carbocycles. The second-order valence-corrected chi connectivity index (χ2v) is 6.96. The number of hydrogen-bond donors (Lipinski definition) is 1. The van der Waals surface area contributed by atoms with Crippen molar-refractivity contribution in [2.45, 2.75) is 25.2 Å². The van der Waals surface area contributed by atoms with Crippen LogP contribution in [-0.4, -0.2) is 47.7 Å². The Morgan fingerprint density at radius 1 is 1.11 bits per heavy atom. The van der Waals surface area contributed by atoms with E-state index in [0.29, 0.717) is 5.56 Å². The number of carbonyl (C=O) groups is 1. The highest BCUT2D eigenvalue weighted by atomic mass is 19.4. The van der Waals surface area contributed by atoms with E-state index in [2.05, 4.69) is 5.10 Å². The highest BCUT2D eigenvalue weighted by Gasteiger charge is 2.63. The molecule has 0 spiro atoms. The van der Waals surface area contributed by atoms with Gasteiger partial charge in [0.15, 0.2) is 0 Å². The maximum atomic E-state index is 13.7. The summed E-state index contributed by atoms with van der Waals surface area (Å²) in [4.78, 5) is 14.6. The number of halogens is 3. The van der Waals surface area contributed by atoms with E-state index >= 15 is 0 Å². The molecule has 0 fully saturated rings. The summed E-state index contributed by atoms with van der Waals surface area (Å²) in [5, 5.41) is 14.4. The van der Waals surface area contributed by atoms with Crippen LogP contribution >= 0.6 is 0 Å². The van der Waals surface area contributed by atoms with Crippen LogP contribution in [0.4, 0.5) is 18.9 Å². The van der Waals surface area contributed by atoms with Crippen LogP contribution in [-0.2, 0) is 0 Å². The highest BCUT2D eigenvalue weighted by molar-refractivity contribution is 6.05. The molecule has 0 radical (unpaired) electrons. The molecule has 3 rings (SSSR count). The molecule has 1 amide bonds. The van der Waals surface area contributed by atoms with Crippen molar-refractivity contribution in [3.05, 3.63) is 65.2 Å². The Morgan fingerprint density at radius 2 is 1.68 bits per heavy atom. The molecule has 1 N–H and O–H groups in total. The van der Waals surface area contributed by atoms with Gasteiger partial charge in [0.1, 0.15) is 0 Å². The average molecular weight is 391 g/mol. The van der Waals surface area contributed by atoms with Crippen molar-refractivity contribution in [1.29, 1.82) is 0 Å². The van der Waals surface area contributed by atoms with Crippen LogP contribution in [0, 0.1) is 6.92 Å². The van der Waals surface area contributed by atoms with Gasteiger partial charge in [0, 0.05) is 25.3 Å². The molecule has 0 saturated heterocycles. The Labute approximate surface area is 160 Å². The molecule has 1 aliphatic rings. The molecule has 1 heterocycles. The van der Waals surface area contributed by atoms with Gasteiger partial charge in [-0.25, -0.2) is 0 Å². The molecule has 5 nitrogen and oxygen atoms in total. The summed E-state index contributed by atoms with van der Waals surface area (Å²) < 4.78 is 41.0. The summed E-state index contributed by atoms with van der Waals surface area (Å²) in [7, 11) is 3.61. The third-order valence-electron chi connectivity index (χ3n) is 4.65. The van der Waals surface area contributed by atoms with Gasteiger partial charge >= 0.3 is 6.18 Å². The quantitative estimate of drug-likeness (QED) is 0.871. The second kappa shape index (κ2) is 6.94. The summed E-state index contributed by atoms with van der Waals surface area (Å²) in [6, 6.07) is 12.7. The Kier molecular flexibility index (Phi) is 4.93.